The molecule has 0 spiro atoms. The van der Waals surface area contributed by atoms with Crippen molar-refractivity contribution in [2.24, 2.45) is 5.10 Å². The third kappa shape index (κ3) is 4.24. The first-order valence-electron chi connectivity index (χ1n) is 6.64. The molecule has 1 aromatic heterocycles. The molecule has 2 rings (SSSR count). The molecule has 0 atom stereocenters. The van der Waals surface area contributed by atoms with E-state index in [1.54, 1.807) is 6.20 Å². The van der Waals surface area contributed by atoms with Gasteiger partial charge in [0.25, 0.3) is 0 Å². The van der Waals surface area contributed by atoms with Crippen LogP contribution in [0, 0.1) is 0 Å². The summed E-state index contributed by atoms with van der Waals surface area (Å²) in [5.41, 5.74) is 4.50. The number of nitrogens with zero attached hydrogens (tertiary/aromatic N) is 4. The maximum atomic E-state index is 5.37. The number of rotatable bonds is 2. The van der Waals surface area contributed by atoms with Crippen molar-refractivity contribution in [1.82, 2.24) is 20.5 Å². The SMILES string of the molecule is C/C(=N\NC(=S)N1CCCCCC1)c1cccnn1. The standard InChI is InChI=1S/C13H19N5S/c1-11(12-7-6-8-14-16-12)15-17-13(19)18-9-4-2-3-5-10-18/h6-8H,2-5,9-10H2,1H3,(H,17,19)/b15-11+. The van der Waals surface area contributed by atoms with Crippen LogP contribution in [0.3, 0.4) is 0 Å². The zero-order valence-corrected chi connectivity index (χ0v) is 12.0. The molecule has 6 heteroatoms. The van der Waals surface area contributed by atoms with E-state index in [0.717, 1.165) is 24.5 Å². The van der Waals surface area contributed by atoms with Gasteiger partial charge in [-0.15, -0.1) is 5.10 Å². The molecule has 0 radical (unpaired) electrons. The normalized spacial score (nSPS) is 16.9. The number of thiocarbonyl (C=S) groups is 1. The van der Waals surface area contributed by atoms with Crippen LogP contribution in [0.5, 0.6) is 0 Å². The van der Waals surface area contributed by atoms with Crippen LogP contribution in [0.15, 0.2) is 23.4 Å². The van der Waals surface area contributed by atoms with Gasteiger partial charge >= 0.3 is 0 Å². The molecule has 1 N–H and O–H groups in total. The van der Waals surface area contributed by atoms with Crippen molar-refractivity contribution < 1.29 is 0 Å². The quantitative estimate of drug-likeness (QED) is 0.509. The molecule has 1 aliphatic rings. The Bertz CT molecular complexity index is 438. The highest BCUT2D eigenvalue weighted by molar-refractivity contribution is 7.80. The van der Waals surface area contributed by atoms with Gasteiger partial charge in [-0.05, 0) is 44.1 Å². The van der Waals surface area contributed by atoms with Gasteiger partial charge in [0.2, 0.25) is 0 Å². The molecule has 102 valence electrons. The highest BCUT2D eigenvalue weighted by atomic mass is 32.1. The molecule has 0 unspecified atom stereocenters. The van der Waals surface area contributed by atoms with Crippen LogP contribution in [0.2, 0.25) is 0 Å². The van der Waals surface area contributed by atoms with Gasteiger partial charge in [0, 0.05) is 19.3 Å². The zero-order chi connectivity index (χ0) is 13.5. The third-order valence-corrected chi connectivity index (χ3v) is 3.50. The first-order valence-corrected chi connectivity index (χ1v) is 7.05. The lowest BCUT2D eigenvalue weighted by Crippen LogP contribution is -2.38. The lowest BCUT2D eigenvalue weighted by atomic mass is 10.2. The molecule has 0 amide bonds. The molecular weight excluding hydrogens is 258 g/mol. The van der Waals surface area contributed by atoms with E-state index >= 15 is 0 Å². The summed E-state index contributed by atoms with van der Waals surface area (Å²) in [5.74, 6) is 0. The van der Waals surface area contributed by atoms with E-state index in [9.17, 15) is 0 Å². The maximum absolute atomic E-state index is 5.37. The van der Waals surface area contributed by atoms with Crippen LogP contribution in [0.25, 0.3) is 0 Å². The maximum Gasteiger partial charge on any atom is 0.189 e. The lowest BCUT2D eigenvalue weighted by molar-refractivity contribution is 0.428. The molecule has 0 bridgehead atoms. The smallest absolute Gasteiger partial charge is 0.189 e. The van der Waals surface area contributed by atoms with E-state index in [1.165, 1.54) is 25.7 Å². The lowest BCUT2D eigenvalue weighted by Gasteiger charge is -2.22. The van der Waals surface area contributed by atoms with Crippen molar-refractivity contribution in [3.05, 3.63) is 24.0 Å². The van der Waals surface area contributed by atoms with Gasteiger partial charge in [-0.1, -0.05) is 12.8 Å². The average Bonchev–Trinajstić information content (AvgIpc) is 2.74. The summed E-state index contributed by atoms with van der Waals surface area (Å²) in [6.07, 6.45) is 6.64. The fourth-order valence-electron chi connectivity index (χ4n) is 2.03. The predicted octanol–water partition coefficient (Wildman–Crippen LogP) is 1.95. The fraction of sp³-hybridized carbons (Fsp3) is 0.538. The summed E-state index contributed by atoms with van der Waals surface area (Å²) in [6.45, 7) is 3.93. The second kappa shape index (κ2) is 7.13. The van der Waals surface area contributed by atoms with Gasteiger partial charge in [-0.25, -0.2) is 0 Å². The molecule has 5 nitrogen and oxygen atoms in total. The number of hydrogen-bond donors (Lipinski definition) is 1. The topological polar surface area (TPSA) is 53.4 Å². The molecule has 1 fully saturated rings. The van der Waals surface area contributed by atoms with Gasteiger partial charge < -0.3 is 4.90 Å². The van der Waals surface area contributed by atoms with Crippen molar-refractivity contribution in [3.63, 3.8) is 0 Å². The Kier molecular flexibility index (Phi) is 5.20. The van der Waals surface area contributed by atoms with Crippen molar-refractivity contribution in [1.29, 1.82) is 0 Å². The van der Waals surface area contributed by atoms with Crippen molar-refractivity contribution >= 4 is 23.0 Å². The molecule has 1 aromatic rings. The minimum atomic E-state index is 0.699. The minimum Gasteiger partial charge on any atom is -0.348 e. The molecule has 1 aliphatic heterocycles. The van der Waals surface area contributed by atoms with Gasteiger partial charge in [-0.2, -0.15) is 10.2 Å². The predicted molar refractivity (Wildman–Crippen MR) is 80.0 cm³/mol. The summed E-state index contributed by atoms with van der Waals surface area (Å²) in [4.78, 5) is 2.19. The first-order chi connectivity index (χ1) is 9.27. The van der Waals surface area contributed by atoms with E-state index < -0.39 is 0 Å². The Labute approximate surface area is 119 Å². The van der Waals surface area contributed by atoms with E-state index in [-0.39, 0.29) is 0 Å². The van der Waals surface area contributed by atoms with Crippen LogP contribution >= 0.6 is 12.2 Å². The number of likely N-dealkylation sites (tertiary alicyclic amines) is 1. The first kappa shape index (κ1) is 13.9. The fourth-order valence-corrected chi connectivity index (χ4v) is 2.26. The summed E-state index contributed by atoms with van der Waals surface area (Å²) < 4.78 is 0. The van der Waals surface area contributed by atoms with Crippen molar-refractivity contribution in [2.45, 2.75) is 32.6 Å². The Balaban J connectivity index is 1.91. The van der Waals surface area contributed by atoms with Gasteiger partial charge in [0.05, 0.1) is 5.71 Å². The van der Waals surface area contributed by atoms with E-state index in [2.05, 4.69) is 25.6 Å². The average molecular weight is 277 g/mol. The van der Waals surface area contributed by atoms with Crippen LogP contribution in [0.1, 0.15) is 38.3 Å². The van der Waals surface area contributed by atoms with E-state index in [0.29, 0.717) is 5.11 Å². The Morgan fingerprint density at radius 1 is 1.32 bits per heavy atom. The molecule has 2 heterocycles. The molecule has 19 heavy (non-hydrogen) atoms. The van der Waals surface area contributed by atoms with Crippen LogP contribution < -0.4 is 5.43 Å². The Morgan fingerprint density at radius 2 is 2.05 bits per heavy atom. The Morgan fingerprint density at radius 3 is 2.68 bits per heavy atom. The second-order valence-corrected chi connectivity index (χ2v) is 5.01. The monoisotopic (exact) mass is 277 g/mol. The van der Waals surface area contributed by atoms with E-state index in [1.807, 2.05) is 19.1 Å². The van der Waals surface area contributed by atoms with Crippen LogP contribution in [-0.2, 0) is 0 Å². The molecule has 0 aliphatic carbocycles. The minimum absolute atomic E-state index is 0.699. The molecule has 0 saturated carbocycles. The number of aromatic nitrogens is 2. The molecule has 1 saturated heterocycles. The van der Waals surface area contributed by atoms with Gasteiger partial charge in [0.1, 0.15) is 5.69 Å². The van der Waals surface area contributed by atoms with Crippen molar-refractivity contribution in [3.8, 4) is 0 Å². The van der Waals surface area contributed by atoms with Gasteiger partial charge in [-0.3, -0.25) is 5.43 Å². The van der Waals surface area contributed by atoms with Gasteiger partial charge in [0.15, 0.2) is 5.11 Å². The highest BCUT2D eigenvalue weighted by Gasteiger charge is 2.11. The van der Waals surface area contributed by atoms with Crippen LogP contribution in [0.4, 0.5) is 0 Å². The largest absolute Gasteiger partial charge is 0.348 e. The molecular formula is C13H19N5S. The number of hydrogen-bond acceptors (Lipinski definition) is 4. The number of hydrazone groups is 1. The molecule has 0 aromatic carbocycles. The Hall–Kier alpha value is -1.56. The van der Waals surface area contributed by atoms with E-state index in [4.69, 9.17) is 12.2 Å². The zero-order valence-electron chi connectivity index (χ0n) is 11.2. The number of nitrogens with one attached hydrogen (secondary N) is 1. The second-order valence-electron chi connectivity index (χ2n) is 4.62. The third-order valence-electron chi connectivity index (χ3n) is 3.16. The van der Waals surface area contributed by atoms with Crippen LogP contribution in [-0.4, -0.2) is 39.0 Å². The summed E-state index contributed by atoms with van der Waals surface area (Å²) in [5, 5.41) is 12.8. The summed E-state index contributed by atoms with van der Waals surface area (Å²) in [6, 6.07) is 3.72. The highest BCUT2D eigenvalue weighted by Crippen LogP contribution is 2.09. The summed E-state index contributed by atoms with van der Waals surface area (Å²) >= 11 is 5.37. The van der Waals surface area contributed by atoms with Crippen molar-refractivity contribution in [2.75, 3.05) is 13.1 Å². The summed E-state index contributed by atoms with van der Waals surface area (Å²) in [7, 11) is 0.